The first-order valence-corrected chi connectivity index (χ1v) is 14.4. The first kappa shape index (κ1) is 33.1. The van der Waals surface area contributed by atoms with E-state index < -0.39 is 35.0 Å². The van der Waals surface area contributed by atoms with Gasteiger partial charge >= 0.3 is 0 Å². The van der Waals surface area contributed by atoms with Gasteiger partial charge in [0.15, 0.2) is 0 Å². The van der Waals surface area contributed by atoms with Crippen LogP contribution in [-0.4, -0.2) is 73.6 Å². The van der Waals surface area contributed by atoms with Crippen LogP contribution in [0.15, 0.2) is 65.8 Å². The minimum absolute atomic E-state index is 0.0342. The lowest BCUT2D eigenvalue weighted by Gasteiger charge is -2.42. The number of aliphatic hydroxyl groups is 1. The van der Waals surface area contributed by atoms with E-state index in [-0.39, 0.29) is 30.9 Å². The molecule has 2 aromatic rings. The van der Waals surface area contributed by atoms with Gasteiger partial charge in [-0.25, -0.2) is 8.78 Å². The quantitative estimate of drug-likeness (QED) is 0.316. The number of aliphatic hydroxyl groups excluding tert-OH is 1. The van der Waals surface area contributed by atoms with Crippen LogP contribution in [0.2, 0.25) is 0 Å². The van der Waals surface area contributed by atoms with Crippen molar-refractivity contribution in [2.75, 3.05) is 40.8 Å². The smallest absolute Gasteiger partial charge is 0.249 e. The Morgan fingerprint density at radius 2 is 1.71 bits per heavy atom. The molecule has 228 valence electrons. The molecule has 7 nitrogen and oxygen atoms in total. The standard InChI is InChI=1S/C33H44F2N4O3/c1-6-23-8-7-9-24(13-23)20-37-21-30(40)29(16-25-14-27(34)17-28(35)15-25)33(32(36)42)18-22(2)12-26(19-33)31(41)39(5)11-10-38(3)4/h7-9,12-15,17-18,29-30,37,40H,6,10-11,16,19-21H2,1-5H3,(H2,36,42)/t29-,30+,33?/m1/s1. The fourth-order valence-corrected chi connectivity index (χ4v) is 5.66. The molecular formula is C33H44F2N4O3. The van der Waals surface area contributed by atoms with Crippen molar-refractivity contribution in [1.82, 2.24) is 15.1 Å². The van der Waals surface area contributed by atoms with Gasteiger partial charge in [-0.15, -0.1) is 0 Å². The molecule has 9 heteroatoms. The van der Waals surface area contributed by atoms with Gasteiger partial charge in [0.2, 0.25) is 11.8 Å². The number of nitrogens with two attached hydrogens (primary N) is 1. The van der Waals surface area contributed by atoms with Gasteiger partial charge in [-0.1, -0.05) is 48.9 Å². The lowest BCUT2D eigenvalue weighted by Crippen LogP contribution is -2.51. The maximum absolute atomic E-state index is 14.2. The van der Waals surface area contributed by atoms with Crippen LogP contribution in [0.5, 0.6) is 0 Å². The zero-order valence-electron chi connectivity index (χ0n) is 25.3. The summed E-state index contributed by atoms with van der Waals surface area (Å²) in [6, 6.07) is 11.3. The number of primary amides is 1. The Labute approximate surface area is 248 Å². The Balaban J connectivity index is 1.94. The Morgan fingerprint density at radius 3 is 2.33 bits per heavy atom. The molecule has 2 aromatic carbocycles. The van der Waals surface area contributed by atoms with Crippen LogP contribution >= 0.6 is 0 Å². The number of nitrogens with one attached hydrogen (secondary N) is 1. The zero-order valence-corrected chi connectivity index (χ0v) is 25.3. The molecule has 3 atom stereocenters. The van der Waals surface area contributed by atoms with Gasteiger partial charge in [-0.05, 0) is 69.1 Å². The summed E-state index contributed by atoms with van der Waals surface area (Å²) in [5.41, 5.74) is 8.16. The van der Waals surface area contributed by atoms with Crippen molar-refractivity contribution in [3.8, 4) is 0 Å². The van der Waals surface area contributed by atoms with E-state index >= 15 is 0 Å². The number of carbonyl (C=O) groups is 2. The van der Waals surface area contributed by atoms with Gasteiger partial charge in [0.1, 0.15) is 11.6 Å². The second kappa shape index (κ2) is 14.7. The van der Waals surface area contributed by atoms with E-state index in [1.165, 1.54) is 17.7 Å². The number of rotatable bonds is 14. The molecule has 0 aliphatic heterocycles. The lowest BCUT2D eigenvalue weighted by molar-refractivity contribution is -0.131. The molecule has 1 aliphatic carbocycles. The van der Waals surface area contributed by atoms with Gasteiger partial charge in [-0.2, -0.15) is 0 Å². The number of allylic oxidation sites excluding steroid dienone is 2. The fraction of sp³-hybridized carbons (Fsp3) is 0.455. The Hall–Kier alpha value is -3.40. The highest BCUT2D eigenvalue weighted by Crippen LogP contribution is 2.44. The molecule has 2 amide bonds. The van der Waals surface area contributed by atoms with Crippen LogP contribution in [0.4, 0.5) is 8.78 Å². The Morgan fingerprint density at radius 1 is 1.05 bits per heavy atom. The fourth-order valence-electron chi connectivity index (χ4n) is 5.66. The molecule has 0 spiro atoms. The van der Waals surface area contributed by atoms with Crippen molar-refractivity contribution in [1.29, 1.82) is 0 Å². The number of aryl methyl sites for hydroxylation is 1. The van der Waals surface area contributed by atoms with Crippen molar-refractivity contribution < 1.29 is 23.5 Å². The van der Waals surface area contributed by atoms with Crippen LogP contribution < -0.4 is 11.1 Å². The van der Waals surface area contributed by atoms with E-state index in [4.69, 9.17) is 5.73 Å². The van der Waals surface area contributed by atoms with Crippen molar-refractivity contribution in [2.24, 2.45) is 17.1 Å². The number of halogens is 2. The van der Waals surface area contributed by atoms with Gasteiger partial charge in [0.25, 0.3) is 0 Å². The highest BCUT2D eigenvalue weighted by atomic mass is 19.1. The Bertz CT molecular complexity index is 1310. The van der Waals surface area contributed by atoms with Crippen LogP contribution in [0.25, 0.3) is 0 Å². The number of carbonyl (C=O) groups excluding carboxylic acids is 2. The molecule has 0 bridgehead atoms. The van der Waals surface area contributed by atoms with E-state index in [0.29, 0.717) is 30.8 Å². The minimum atomic E-state index is -1.47. The van der Waals surface area contributed by atoms with Crippen molar-refractivity contribution in [3.63, 3.8) is 0 Å². The summed E-state index contributed by atoms with van der Waals surface area (Å²) in [4.78, 5) is 30.4. The molecule has 0 saturated heterocycles. The maximum Gasteiger partial charge on any atom is 0.249 e. The van der Waals surface area contributed by atoms with Gasteiger partial charge in [0.05, 0.1) is 11.5 Å². The number of likely N-dealkylation sites (N-methyl/N-ethyl adjacent to an activating group) is 2. The predicted molar refractivity (Wildman–Crippen MR) is 161 cm³/mol. The van der Waals surface area contributed by atoms with Crippen molar-refractivity contribution in [3.05, 3.63) is 94.1 Å². The average Bonchev–Trinajstić information content (AvgIpc) is 2.93. The summed E-state index contributed by atoms with van der Waals surface area (Å²) in [7, 11) is 5.53. The first-order chi connectivity index (χ1) is 19.8. The number of nitrogens with zero attached hydrogens (tertiary/aromatic N) is 2. The summed E-state index contributed by atoms with van der Waals surface area (Å²) < 4.78 is 28.4. The summed E-state index contributed by atoms with van der Waals surface area (Å²) in [6.07, 6.45) is 3.12. The van der Waals surface area contributed by atoms with E-state index in [2.05, 4.69) is 18.3 Å². The number of benzene rings is 2. The van der Waals surface area contributed by atoms with E-state index in [1.807, 2.05) is 37.2 Å². The number of amides is 2. The van der Waals surface area contributed by atoms with E-state index in [0.717, 1.165) is 18.1 Å². The molecule has 0 fully saturated rings. The topological polar surface area (TPSA) is 98.9 Å². The van der Waals surface area contributed by atoms with Crippen molar-refractivity contribution >= 4 is 11.8 Å². The molecule has 0 saturated carbocycles. The summed E-state index contributed by atoms with van der Waals surface area (Å²) in [5.74, 6) is -3.35. The largest absolute Gasteiger partial charge is 0.391 e. The predicted octanol–water partition coefficient (Wildman–Crippen LogP) is 3.60. The van der Waals surface area contributed by atoms with Crippen LogP contribution in [0.1, 0.15) is 37.0 Å². The molecule has 0 heterocycles. The number of hydrogen-bond acceptors (Lipinski definition) is 5. The van der Waals surface area contributed by atoms with Crippen molar-refractivity contribution in [2.45, 2.75) is 45.8 Å². The Kier molecular flexibility index (Phi) is 11.6. The third-order valence-electron chi connectivity index (χ3n) is 7.92. The zero-order chi connectivity index (χ0) is 31.0. The molecule has 3 rings (SSSR count). The van der Waals surface area contributed by atoms with E-state index in [1.54, 1.807) is 31.0 Å². The van der Waals surface area contributed by atoms with Gasteiger partial charge < -0.3 is 26.0 Å². The molecular weight excluding hydrogens is 538 g/mol. The number of hydrogen-bond donors (Lipinski definition) is 3. The molecule has 4 N–H and O–H groups in total. The molecule has 0 aromatic heterocycles. The third kappa shape index (κ3) is 8.56. The second-order valence-corrected chi connectivity index (χ2v) is 11.6. The normalized spacial score (nSPS) is 18.3. The molecule has 42 heavy (non-hydrogen) atoms. The summed E-state index contributed by atoms with van der Waals surface area (Å²) in [5, 5.41) is 14.9. The monoisotopic (exact) mass is 582 g/mol. The molecule has 1 unspecified atom stereocenters. The van der Waals surface area contributed by atoms with Crippen LogP contribution in [0.3, 0.4) is 0 Å². The summed E-state index contributed by atoms with van der Waals surface area (Å²) in [6.45, 7) is 5.56. The average molecular weight is 583 g/mol. The second-order valence-electron chi connectivity index (χ2n) is 11.6. The highest BCUT2D eigenvalue weighted by molar-refractivity contribution is 5.96. The lowest BCUT2D eigenvalue weighted by atomic mass is 9.63. The van der Waals surface area contributed by atoms with Gasteiger partial charge in [0, 0.05) is 50.8 Å². The van der Waals surface area contributed by atoms with E-state index in [9.17, 15) is 23.5 Å². The maximum atomic E-state index is 14.2. The van der Waals surface area contributed by atoms with Crippen LogP contribution in [0, 0.1) is 23.0 Å². The molecule has 0 radical (unpaired) electrons. The van der Waals surface area contributed by atoms with Crippen LogP contribution in [-0.2, 0) is 29.0 Å². The SMILES string of the molecule is CCc1cccc(CNC[C@H](O)[C@@H](Cc2cc(F)cc(F)c2)C2(C(N)=O)C=C(C)C=C(C(=O)N(C)CCN(C)C)C2)c1. The first-order valence-electron chi connectivity index (χ1n) is 14.4. The highest BCUT2D eigenvalue weighted by Gasteiger charge is 2.48. The molecule has 1 aliphatic rings. The van der Waals surface area contributed by atoms with Gasteiger partial charge in [-0.3, -0.25) is 9.59 Å². The summed E-state index contributed by atoms with van der Waals surface area (Å²) >= 11 is 0. The third-order valence-corrected chi connectivity index (χ3v) is 7.92. The minimum Gasteiger partial charge on any atom is -0.391 e.